The first kappa shape index (κ1) is 23.9. The highest BCUT2D eigenvalue weighted by atomic mass is 16.5. The van der Waals surface area contributed by atoms with E-state index in [1.165, 1.54) is 33.5 Å². The molecule has 1 aromatic rings. The van der Waals surface area contributed by atoms with E-state index in [2.05, 4.69) is 5.32 Å². The number of esters is 1. The van der Waals surface area contributed by atoms with Crippen molar-refractivity contribution in [3.8, 4) is 17.2 Å². The summed E-state index contributed by atoms with van der Waals surface area (Å²) < 4.78 is 22.0. The molecule has 2 atom stereocenters. The number of carbonyl (C=O) groups is 2. The van der Waals surface area contributed by atoms with E-state index in [0.29, 0.717) is 41.7 Å². The smallest absolute Gasteiger partial charge is 0.322 e. The van der Waals surface area contributed by atoms with Gasteiger partial charge in [-0.2, -0.15) is 0 Å². The molecule has 0 amide bonds. The van der Waals surface area contributed by atoms with E-state index >= 15 is 0 Å². The minimum atomic E-state index is -0.974. The van der Waals surface area contributed by atoms with Gasteiger partial charge in [0.2, 0.25) is 0 Å². The molecule has 1 saturated carbocycles. The maximum atomic E-state index is 12.4. The summed E-state index contributed by atoms with van der Waals surface area (Å²) >= 11 is 0. The molecule has 1 heterocycles. The molecule has 8 heteroatoms. The number of carbonyl (C=O) groups excluding carboxylic acids is 1. The number of hydrogen-bond acceptors (Lipinski definition) is 7. The summed E-state index contributed by atoms with van der Waals surface area (Å²) in [7, 11) is 4.49. The van der Waals surface area contributed by atoms with E-state index < -0.39 is 18.1 Å². The number of aliphatic carboxylic acids is 1. The van der Waals surface area contributed by atoms with Crippen molar-refractivity contribution in [2.24, 2.45) is 5.92 Å². The molecule has 1 aliphatic heterocycles. The van der Waals surface area contributed by atoms with Gasteiger partial charge in [0, 0.05) is 6.54 Å². The molecule has 0 spiro atoms. The third-order valence-electron chi connectivity index (χ3n) is 6.26. The third-order valence-corrected chi connectivity index (χ3v) is 6.26. The fourth-order valence-corrected chi connectivity index (χ4v) is 4.55. The van der Waals surface area contributed by atoms with Gasteiger partial charge >= 0.3 is 11.9 Å². The van der Waals surface area contributed by atoms with Crippen LogP contribution in [0, 0.1) is 5.92 Å². The van der Waals surface area contributed by atoms with Crippen molar-refractivity contribution in [2.45, 2.75) is 57.1 Å². The first-order valence-electron chi connectivity index (χ1n) is 11.1. The lowest BCUT2D eigenvalue weighted by molar-refractivity contribution is -0.144. The van der Waals surface area contributed by atoms with Crippen molar-refractivity contribution in [3.05, 3.63) is 23.3 Å². The molecule has 32 heavy (non-hydrogen) atoms. The number of ether oxygens (including phenoxy) is 4. The molecule has 2 N–H and O–H groups in total. The average Bonchev–Trinajstić information content (AvgIpc) is 2.80. The lowest BCUT2D eigenvalue weighted by atomic mass is 9.84. The summed E-state index contributed by atoms with van der Waals surface area (Å²) in [6.07, 6.45) is 7.54. The van der Waals surface area contributed by atoms with Crippen molar-refractivity contribution in [2.75, 3.05) is 27.9 Å². The lowest BCUT2D eigenvalue weighted by Gasteiger charge is -2.30. The molecule has 1 aliphatic carbocycles. The Morgan fingerprint density at radius 1 is 1.12 bits per heavy atom. The van der Waals surface area contributed by atoms with E-state index in [4.69, 9.17) is 18.9 Å². The van der Waals surface area contributed by atoms with Gasteiger partial charge in [-0.05, 0) is 36.1 Å². The Bertz CT molecular complexity index is 845. The average molecular weight is 448 g/mol. The normalized spacial score (nSPS) is 19.2. The van der Waals surface area contributed by atoms with Gasteiger partial charge in [-0.25, -0.2) is 0 Å². The van der Waals surface area contributed by atoms with Gasteiger partial charge in [-0.3, -0.25) is 9.59 Å². The van der Waals surface area contributed by atoms with Crippen LogP contribution in [-0.2, 0) is 14.3 Å². The summed E-state index contributed by atoms with van der Waals surface area (Å²) in [5.41, 5.74) is 1.41. The van der Waals surface area contributed by atoms with E-state index in [0.717, 1.165) is 18.4 Å². The van der Waals surface area contributed by atoms with E-state index in [1.807, 2.05) is 6.08 Å². The van der Waals surface area contributed by atoms with Crippen molar-refractivity contribution >= 4 is 18.0 Å². The third kappa shape index (κ3) is 5.73. The SMILES string of the molecule is COC(=O)[C@H](CC1CCCCC1)NCC1=Cc2c(OC)ccc(OC)c2OC1CC(=O)O. The van der Waals surface area contributed by atoms with Gasteiger partial charge in [-0.15, -0.1) is 0 Å². The highest BCUT2D eigenvalue weighted by molar-refractivity contribution is 5.77. The number of fused-ring (bicyclic) bond motifs is 1. The lowest BCUT2D eigenvalue weighted by Crippen LogP contribution is -2.42. The number of rotatable bonds is 10. The topological polar surface area (TPSA) is 103 Å². The first-order valence-corrected chi connectivity index (χ1v) is 11.1. The Hall–Kier alpha value is -2.74. The number of benzene rings is 1. The summed E-state index contributed by atoms with van der Waals surface area (Å²) in [4.78, 5) is 23.9. The van der Waals surface area contributed by atoms with Crippen molar-refractivity contribution in [1.29, 1.82) is 0 Å². The van der Waals surface area contributed by atoms with Crippen LogP contribution in [0.2, 0.25) is 0 Å². The monoisotopic (exact) mass is 447 g/mol. The zero-order valence-electron chi connectivity index (χ0n) is 19.0. The van der Waals surface area contributed by atoms with Gasteiger partial charge in [-0.1, -0.05) is 32.1 Å². The zero-order valence-corrected chi connectivity index (χ0v) is 19.0. The summed E-state index contributed by atoms with van der Waals surface area (Å²) in [5.74, 6) is 0.758. The zero-order chi connectivity index (χ0) is 23.1. The number of carboxylic acids is 1. The molecule has 1 fully saturated rings. The van der Waals surface area contributed by atoms with Gasteiger partial charge in [0.25, 0.3) is 0 Å². The molecule has 2 aliphatic rings. The van der Waals surface area contributed by atoms with Gasteiger partial charge in [0.05, 0.1) is 33.3 Å². The number of hydrogen-bond donors (Lipinski definition) is 2. The Morgan fingerprint density at radius 2 is 1.81 bits per heavy atom. The van der Waals surface area contributed by atoms with Gasteiger partial charge in [0.1, 0.15) is 17.9 Å². The maximum Gasteiger partial charge on any atom is 0.322 e. The van der Waals surface area contributed by atoms with Crippen molar-refractivity contribution in [3.63, 3.8) is 0 Å². The van der Waals surface area contributed by atoms with E-state index in [9.17, 15) is 14.7 Å². The molecular weight excluding hydrogens is 414 g/mol. The fraction of sp³-hybridized carbons (Fsp3) is 0.583. The van der Waals surface area contributed by atoms with Crippen LogP contribution in [-0.4, -0.2) is 57.1 Å². The summed E-state index contributed by atoms with van der Waals surface area (Å²) in [6, 6.07) is 3.05. The molecule has 1 aromatic carbocycles. The largest absolute Gasteiger partial charge is 0.496 e. The molecule has 0 saturated heterocycles. The Kier molecular flexibility index (Phi) is 8.39. The van der Waals surface area contributed by atoms with Crippen LogP contribution >= 0.6 is 0 Å². The summed E-state index contributed by atoms with van der Waals surface area (Å²) in [5, 5.41) is 12.7. The Morgan fingerprint density at radius 3 is 2.44 bits per heavy atom. The highest BCUT2D eigenvalue weighted by Gasteiger charge is 2.31. The van der Waals surface area contributed by atoms with Crippen LogP contribution in [0.15, 0.2) is 17.7 Å². The van der Waals surface area contributed by atoms with Crippen molar-refractivity contribution in [1.82, 2.24) is 5.32 Å². The van der Waals surface area contributed by atoms with Gasteiger partial charge in [0.15, 0.2) is 11.5 Å². The molecule has 0 radical (unpaired) electrons. The van der Waals surface area contributed by atoms with Crippen LogP contribution < -0.4 is 19.5 Å². The number of methoxy groups -OCH3 is 3. The quantitative estimate of drug-likeness (QED) is 0.526. The van der Waals surface area contributed by atoms with Crippen LogP contribution in [0.3, 0.4) is 0 Å². The fourth-order valence-electron chi connectivity index (χ4n) is 4.55. The Labute approximate surface area is 188 Å². The van der Waals surface area contributed by atoms with Crippen LogP contribution in [0.1, 0.15) is 50.5 Å². The Balaban J connectivity index is 1.84. The van der Waals surface area contributed by atoms with Crippen LogP contribution in [0.5, 0.6) is 17.2 Å². The molecule has 176 valence electrons. The molecule has 3 rings (SSSR count). The number of nitrogens with one attached hydrogen (secondary N) is 1. The minimum absolute atomic E-state index is 0.209. The van der Waals surface area contributed by atoms with Crippen LogP contribution in [0.25, 0.3) is 6.08 Å². The molecule has 1 unspecified atom stereocenters. The van der Waals surface area contributed by atoms with Crippen LogP contribution in [0.4, 0.5) is 0 Å². The second kappa shape index (κ2) is 11.2. The van der Waals surface area contributed by atoms with Crippen molar-refractivity contribution < 1.29 is 33.6 Å². The standard InChI is InChI=1S/C24H33NO7/c1-29-19-9-10-20(30-2)23-17(19)12-16(21(32-23)13-22(26)27)14-25-18(24(28)31-3)11-15-7-5-4-6-8-15/h9-10,12,15,18,21,25H,4-8,11,13-14H2,1-3H3,(H,26,27)/t18-,21?/m0/s1. The maximum absolute atomic E-state index is 12.4. The highest BCUT2D eigenvalue weighted by Crippen LogP contribution is 2.43. The number of carboxylic acid groups (broad SMARTS) is 1. The molecular formula is C24H33NO7. The minimum Gasteiger partial charge on any atom is -0.496 e. The van der Waals surface area contributed by atoms with Gasteiger partial charge < -0.3 is 29.4 Å². The molecule has 0 bridgehead atoms. The second-order valence-electron chi connectivity index (χ2n) is 8.33. The second-order valence-corrected chi connectivity index (χ2v) is 8.33. The van der Waals surface area contributed by atoms with E-state index in [1.54, 1.807) is 19.2 Å². The predicted molar refractivity (Wildman–Crippen MR) is 119 cm³/mol. The first-order chi connectivity index (χ1) is 15.5. The van der Waals surface area contributed by atoms with E-state index in [-0.39, 0.29) is 12.4 Å². The summed E-state index contributed by atoms with van der Waals surface area (Å²) in [6.45, 7) is 0.296. The molecule has 0 aromatic heterocycles. The predicted octanol–water partition coefficient (Wildman–Crippen LogP) is 3.42. The molecule has 8 nitrogen and oxygen atoms in total.